The van der Waals surface area contributed by atoms with Crippen LogP contribution in [0.5, 0.6) is 0 Å². The fourth-order valence-corrected chi connectivity index (χ4v) is 2.51. The smallest absolute Gasteiger partial charge is 0.265 e. The van der Waals surface area contributed by atoms with Gasteiger partial charge in [0.25, 0.3) is 10.1 Å². The van der Waals surface area contributed by atoms with E-state index in [1.54, 1.807) is 13.8 Å². The molecule has 1 unspecified atom stereocenters. The number of hydrogen-bond acceptors (Lipinski definition) is 3. The van der Waals surface area contributed by atoms with Crippen molar-refractivity contribution in [1.29, 1.82) is 0 Å². The molecule has 0 aromatic heterocycles. The molecule has 0 aromatic carbocycles. The second kappa shape index (κ2) is 3.79. The summed E-state index contributed by atoms with van der Waals surface area (Å²) in [6, 6.07) is 0. The van der Waals surface area contributed by atoms with Crippen LogP contribution in [0.25, 0.3) is 0 Å². The summed E-state index contributed by atoms with van der Waals surface area (Å²) in [7, 11) is -3.92. The summed E-state index contributed by atoms with van der Waals surface area (Å²) >= 11 is 4.40. The predicted molar refractivity (Wildman–Crippen MR) is 57.9 cm³/mol. The maximum atomic E-state index is 10.7. The molecule has 1 atom stereocenters. The molecule has 0 aliphatic rings. The highest BCUT2D eigenvalue weighted by Crippen LogP contribution is 2.39. The van der Waals surface area contributed by atoms with E-state index in [9.17, 15) is 8.42 Å². The Hall–Kier alpha value is 0.260. The Balaban J connectivity index is 4.78. The van der Waals surface area contributed by atoms with Crippen molar-refractivity contribution in [2.75, 3.05) is 5.75 Å². The topological polar surface area (TPSA) is 54.4 Å². The van der Waals surface area contributed by atoms with E-state index in [1.165, 1.54) is 0 Å². The maximum Gasteiger partial charge on any atom is 0.265 e. The maximum absolute atomic E-state index is 10.7. The largest absolute Gasteiger partial charge is 0.286 e. The van der Waals surface area contributed by atoms with Crippen molar-refractivity contribution < 1.29 is 13.0 Å². The molecular formula is C8H18O3S2. The van der Waals surface area contributed by atoms with Gasteiger partial charge >= 0.3 is 0 Å². The molecule has 1 N–H and O–H groups in total. The van der Waals surface area contributed by atoms with Crippen LogP contribution < -0.4 is 0 Å². The van der Waals surface area contributed by atoms with Crippen molar-refractivity contribution in [1.82, 2.24) is 0 Å². The first kappa shape index (κ1) is 13.3. The fraction of sp³-hybridized carbons (Fsp3) is 1.00. The van der Waals surface area contributed by atoms with Crippen LogP contribution in [0.15, 0.2) is 0 Å². The summed E-state index contributed by atoms with van der Waals surface area (Å²) in [6.45, 7) is 7.40. The van der Waals surface area contributed by atoms with E-state index in [1.807, 2.05) is 13.8 Å². The zero-order valence-corrected chi connectivity index (χ0v) is 10.2. The Kier molecular flexibility index (Phi) is 3.86. The zero-order chi connectivity index (χ0) is 10.9. The quantitative estimate of drug-likeness (QED) is 0.569. The van der Waals surface area contributed by atoms with Gasteiger partial charge in [-0.15, -0.1) is 0 Å². The number of thiol groups is 1. The van der Waals surface area contributed by atoms with Gasteiger partial charge in [0.2, 0.25) is 0 Å². The molecule has 13 heavy (non-hydrogen) atoms. The second-order valence-corrected chi connectivity index (χ2v) is 6.68. The molecule has 3 nitrogen and oxygen atoms in total. The Labute approximate surface area is 86.1 Å². The van der Waals surface area contributed by atoms with Crippen LogP contribution in [0, 0.1) is 5.41 Å². The summed E-state index contributed by atoms with van der Waals surface area (Å²) < 4.78 is 29.8. The first-order valence-electron chi connectivity index (χ1n) is 4.19. The summed E-state index contributed by atoms with van der Waals surface area (Å²) in [6.07, 6.45) is 0.749. The van der Waals surface area contributed by atoms with E-state index >= 15 is 0 Å². The lowest BCUT2D eigenvalue weighted by Crippen LogP contribution is -2.41. The van der Waals surface area contributed by atoms with Gasteiger partial charge in [0.15, 0.2) is 0 Å². The Morgan fingerprint density at radius 3 is 1.92 bits per heavy atom. The number of hydrogen-bond donors (Lipinski definition) is 2. The normalized spacial score (nSPS) is 18.3. The lowest BCUT2D eigenvalue weighted by molar-refractivity contribution is 0.290. The molecule has 0 rings (SSSR count). The molecule has 0 aliphatic carbocycles. The SMILES string of the molecule is CCC(C)(S)C(C)(C)CS(=O)(=O)O. The van der Waals surface area contributed by atoms with Gasteiger partial charge in [-0.3, -0.25) is 4.55 Å². The van der Waals surface area contributed by atoms with Crippen LogP contribution >= 0.6 is 12.6 Å². The average Bonchev–Trinajstić information content (AvgIpc) is 1.81. The molecule has 80 valence electrons. The van der Waals surface area contributed by atoms with Gasteiger partial charge in [0, 0.05) is 4.75 Å². The lowest BCUT2D eigenvalue weighted by Gasteiger charge is -2.39. The van der Waals surface area contributed by atoms with Crippen LogP contribution in [0.3, 0.4) is 0 Å². The summed E-state index contributed by atoms with van der Waals surface area (Å²) in [5.74, 6) is -0.256. The van der Waals surface area contributed by atoms with Crippen LogP contribution in [0.2, 0.25) is 0 Å². The predicted octanol–water partition coefficient (Wildman–Crippen LogP) is 2.00. The standard InChI is InChI=1S/C8H18O3S2/c1-5-8(4,12)7(2,3)6-13(9,10)11/h12H,5-6H2,1-4H3,(H,9,10,11). The van der Waals surface area contributed by atoms with Crippen molar-refractivity contribution in [3.8, 4) is 0 Å². The van der Waals surface area contributed by atoms with Gasteiger partial charge in [-0.25, -0.2) is 0 Å². The minimum absolute atomic E-state index is 0.256. The van der Waals surface area contributed by atoms with Crippen LogP contribution in [-0.2, 0) is 10.1 Å². The summed E-state index contributed by atoms with van der Waals surface area (Å²) in [5, 5.41) is 0. The highest BCUT2D eigenvalue weighted by atomic mass is 32.2. The van der Waals surface area contributed by atoms with Gasteiger partial charge in [0.05, 0.1) is 5.75 Å². The molecule has 0 heterocycles. The van der Waals surface area contributed by atoms with E-state index < -0.39 is 20.3 Å². The first-order valence-corrected chi connectivity index (χ1v) is 6.25. The van der Waals surface area contributed by atoms with E-state index in [-0.39, 0.29) is 5.75 Å². The van der Waals surface area contributed by atoms with Crippen molar-refractivity contribution in [2.45, 2.75) is 38.9 Å². The van der Waals surface area contributed by atoms with Crippen molar-refractivity contribution >= 4 is 22.7 Å². The van der Waals surface area contributed by atoms with Gasteiger partial charge in [-0.1, -0.05) is 27.7 Å². The van der Waals surface area contributed by atoms with Gasteiger partial charge in [-0.05, 0) is 11.8 Å². The summed E-state index contributed by atoms with van der Waals surface area (Å²) in [5.41, 5.74) is -0.543. The molecule has 0 aliphatic heterocycles. The van der Waals surface area contributed by atoms with Crippen molar-refractivity contribution in [3.05, 3.63) is 0 Å². The minimum Gasteiger partial charge on any atom is -0.286 e. The fourth-order valence-electron chi connectivity index (χ4n) is 1.09. The van der Waals surface area contributed by atoms with E-state index in [0.717, 1.165) is 6.42 Å². The molecule has 0 saturated heterocycles. The van der Waals surface area contributed by atoms with E-state index in [0.29, 0.717) is 0 Å². The first-order chi connectivity index (χ1) is 5.52. The van der Waals surface area contributed by atoms with Gasteiger partial charge in [0.1, 0.15) is 0 Å². The van der Waals surface area contributed by atoms with Crippen molar-refractivity contribution in [3.63, 3.8) is 0 Å². The monoisotopic (exact) mass is 226 g/mol. The highest BCUT2D eigenvalue weighted by Gasteiger charge is 2.39. The summed E-state index contributed by atoms with van der Waals surface area (Å²) in [4.78, 5) is 0. The average molecular weight is 226 g/mol. The minimum atomic E-state index is -3.92. The zero-order valence-electron chi connectivity index (χ0n) is 8.53. The highest BCUT2D eigenvalue weighted by molar-refractivity contribution is 7.86. The van der Waals surface area contributed by atoms with Crippen LogP contribution in [0.4, 0.5) is 0 Å². The molecule has 0 fully saturated rings. The van der Waals surface area contributed by atoms with E-state index in [2.05, 4.69) is 12.6 Å². The molecule has 0 bridgehead atoms. The van der Waals surface area contributed by atoms with Crippen molar-refractivity contribution in [2.24, 2.45) is 5.41 Å². The Morgan fingerprint density at radius 1 is 1.31 bits per heavy atom. The Bertz CT molecular complexity index is 265. The van der Waals surface area contributed by atoms with Crippen LogP contribution in [0.1, 0.15) is 34.1 Å². The third kappa shape index (κ3) is 3.87. The Morgan fingerprint density at radius 2 is 1.69 bits per heavy atom. The van der Waals surface area contributed by atoms with E-state index in [4.69, 9.17) is 4.55 Å². The lowest BCUT2D eigenvalue weighted by atomic mass is 9.79. The van der Waals surface area contributed by atoms with Gasteiger partial charge < -0.3 is 0 Å². The molecule has 0 spiro atoms. The number of rotatable bonds is 4. The second-order valence-electron chi connectivity index (χ2n) is 4.24. The third-order valence-corrected chi connectivity index (χ3v) is 4.70. The molecule has 5 heteroatoms. The molecular weight excluding hydrogens is 208 g/mol. The molecule has 0 saturated carbocycles. The molecule has 0 amide bonds. The van der Waals surface area contributed by atoms with Gasteiger partial charge in [-0.2, -0.15) is 21.0 Å². The van der Waals surface area contributed by atoms with Crippen LogP contribution in [-0.4, -0.2) is 23.5 Å². The molecule has 0 radical (unpaired) electrons. The molecule has 0 aromatic rings. The third-order valence-electron chi connectivity index (χ3n) is 2.69.